The summed E-state index contributed by atoms with van der Waals surface area (Å²) in [4.78, 5) is 30.8. The zero-order valence-corrected chi connectivity index (χ0v) is 6.54. The van der Waals surface area contributed by atoms with Crippen molar-refractivity contribution in [1.29, 1.82) is 0 Å². The summed E-state index contributed by atoms with van der Waals surface area (Å²) in [5, 5.41) is 2.03. The molecule has 1 aromatic heterocycles. The predicted octanol–water partition coefficient (Wildman–Crippen LogP) is -0.929. The van der Waals surface area contributed by atoms with Gasteiger partial charge in [0.25, 0.3) is 11.8 Å². The minimum atomic E-state index is -0.329. The van der Waals surface area contributed by atoms with Gasteiger partial charge in [-0.25, -0.2) is 15.0 Å². The molecule has 66 valence electrons. The molecular weight excluding hydrogens is 172 g/mol. The van der Waals surface area contributed by atoms with E-state index in [2.05, 4.69) is 15.0 Å². The van der Waals surface area contributed by atoms with Gasteiger partial charge in [0.15, 0.2) is 0 Å². The molecule has 0 bridgehead atoms. The highest BCUT2D eigenvalue weighted by Gasteiger charge is 2.06. The van der Waals surface area contributed by atoms with Gasteiger partial charge < -0.3 is 0 Å². The Hall–Kier alpha value is -2.11. The van der Waals surface area contributed by atoms with Crippen molar-refractivity contribution in [3.63, 3.8) is 0 Å². The van der Waals surface area contributed by atoms with Crippen LogP contribution in [0.15, 0.2) is 31.1 Å². The molecular formula is C7H6N4O2. The van der Waals surface area contributed by atoms with Crippen LogP contribution in [0.2, 0.25) is 0 Å². The van der Waals surface area contributed by atoms with E-state index in [0.29, 0.717) is 0 Å². The van der Waals surface area contributed by atoms with E-state index in [4.69, 9.17) is 0 Å². The molecule has 1 aliphatic rings. The summed E-state index contributed by atoms with van der Waals surface area (Å²) in [5.41, 5.74) is 0. The second-order valence-corrected chi connectivity index (χ2v) is 1.98. The minimum Gasteiger partial charge on any atom is -0.289 e. The first-order valence-electron chi connectivity index (χ1n) is 3.37. The number of hydrogen-bond acceptors (Lipinski definition) is 5. The van der Waals surface area contributed by atoms with Gasteiger partial charge >= 0.3 is 0 Å². The molecule has 0 saturated carbocycles. The molecule has 6 heteroatoms. The fraction of sp³-hybridized carbons (Fsp3) is 0. The van der Waals surface area contributed by atoms with Crippen molar-refractivity contribution < 1.29 is 9.59 Å². The number of imide groups is 1. The number of aromatic nitrogens is 3. The Morgan fingerprint density at radius 2 is 1.23 bits per heavy atom. The van der Waals surface area contributed by atoms with Crippen LogP contribution in [0.1, 0.15) is 0 Å². The molecule has 1 aliphatic heterocycles. The number of rotatable bonds is 0. The summed E-state index contributed by atoms with van der Waals surface area (Å²) in [6.45, 7) is 0. The second kappa shape index (κ2) is 4.70. The van der Waals surface area contributed by atoms with E-state index in [1.54, 1.807) is 0 Å². The predicted molar refractivity (Wildman–Crippen MR) is 42.1 cm³/mol. The molecule has 0 atom stereocenters. The van der Waals surface area contributed by atoms with Crippen molar-refractivity contribution in [2.45, 2.75) is 0 Å². The molecule has 2 heterocycles. The fourth-order valence-corrected chi connectivity index (χ4v) is 0.561. The van der Waals surface area contributed by atoms with E-state index in [9.17, 15) is 9.59 Å². The Morgan fingerprint density at radius 1 is 0.846 bits per heavy atom. The van der Waals surface area contributed by atoms with Crippen LogP contribution >= 0.6 is 0 Å². The lowest BCUT2D eigenvalue weighted by Crippen LogP contribution is -2.19. The van der Waals surface area contributed by atoms with Crippen LogP contribution in [0.4, 0.5) is 0 Å². The number of amides is 2. The molecule has 0 aliphatic carbocycles. The molecule has 0 radical (unpaired) electrons. The summed E-state index contributed by atoms with van der Waals surface area (Å²) in [7, 11) is 0. The molecule has 1 aromatic rings. The van der Waals surface area contributed by atoms with Crippen molar-refractivity contribution >= 4 is 11.8 Å². The van der Waals surface area contributed by atoms with Crippen LogP contribution in [0.3, 0.4) is 0 Å². The zero-order valence-electron chi connectivity index (χ0n) is 6.54. The summed E-state index contributed by atoms with van der Waals surface area (Å²) in [6, 6.07) is 0. The van der Waals surface area contributed by atoms with Gasteiger partial charge in [0.05, 0.1) is 0 Å². The van der Waals surface area contributed by atoms with Gasteiger partial charge in [-0.05, 0) is 0 Å². The molecule has 0 unspecified atom stereocenters. The molecule has 13 heavy (non-hydrogen) atoms. The molecule has 2 amide bonds. The van der Waals surface area contributed by atoms with Crippen LogP contribution in [0.25, 0.3) is 0 Å². The van der Waals surface area contributed by atoms with Crippen molar-refractivity contribution in [2.24, 2.45) is 0 Å². The molecule has 0 spiro atoms. The Bertz CT molecular complexity index is 280. The molecule has 0 fully saturated rings. The summed E-state index contributed by atoms with van der Waals surface area (Å²) in [6.07, 6.45) is 6.71. The quantitative estimate of drug-likeness (QED) is 0.519. The summed E-state index contributed by atoms with van der Waals surface area (Å²) in [5.74, 6) is -0.657. The van der Waals surface area contributed by atoms with Crippen LogP contribution in [0.5, 0.6) is 0 Å². The summed E-state index contributed by atoms with van der Waals surface area (Å²) < 4.78 is 0. The number of carbonyl (C=O) groups is 2. The largest absolute Gasteiger partial charge is 0.289 e. The second-order valence-electron chi connectivity index (χ2n) is 1.98. The average Bonchev–Trinajstić information content (AvgIpc) is 2.54. The van der Waals surface area contributed by atoms with Gasteiger partial charge in [0, 0.05) is 12.2 Å². The van der Waals surface area contributed by atoms with E-state index < -0.39 is 0 Å². The number of nitrogens with zero attached hydrogens (tertiary/aromatic N) is 3. The van der Waals surface area contributed by atoms with Gasteiger partial charge in [0.1, 0.15) is 19.0 Å². The molecule has 6 nitrogen and oxygen atoms in total. The lowest BCUT2D eigenvalue weighted by Gasteiger charge is -1.80. The van der Waals surface area contributed by atoms with Crippen molar-refractivity contribution in [1.82, 2.24) is 20.3 Å². The van der Waals surface area contributed by atoms with E-state index in [1.165, 1.54) is 31.1 Å². The number of hydrogen-bond donors (Lipinski definition) is 1. The highest BCUT2D eigenvalue weighted by Crippen LogP contribution is 1.82. The monoisotopic (exact) mass is 178 g/mol. The van der Waals surface area contributed by atoms with E-state index in [0.717, 1.165) is 0 Å². The number of nitrogens with one attached hydrogen (secondary N) is 1. The van der Waals surface area contributed by atoms with E-state index in [-0.39, 0.29) is 11.8 Å². The van der Waals surface area contributed by atoms with E-state index >= 15 is 0 Å². The maximum Gasteiger partial charge on any atom is 0.250 e. The maximum absolute atomic E-state index is 10.0. The van der Waals surface area contributed by atoms with Crippen molar-refractivity contribution in [3.8, 4) is 0 Å². The average molecular weight is 178 g/mol. The van der Waals surface area contributed by atoms with E-state index in [1.807, 2.05) is 5.32 Å². The SMILES string of the molecule is O=C1C=CC(=O)N1.c1ncncn1. The van der Waals surface area contributed by atoms with Crippen molar-refractivity contribution in [2.75, 3.05) is 0 Å². The Balaban J connectivity index is 0.000000132. The normalized spacial score (nSPS) is 13.2. The Kier molecular flexibility index (Phi) is 3.25. The highest BCUT2D eigenvalue weighted by molar-refractivity contribution is 6.12. The lowest BCUT2D eigenvalue weighted by molar-refractivity contribution is -0.123. The first-order chi connectivity index (χ1) is 6.29. The standard InChI is InChI=1S/C4H3NO2.C3H3N3/c6-3-1-2-4(7)5-3;1-4-2-6-3-5-1/h1-2H,(H,5,6,7);1-3H. The third kappa shape index (κ3) is 3.71. The van der Waals surface area contributed by atoms with Crippen LogP contribution in [-0.4, -0.2) is 26.8 Å². The molecule has 2 rings (SSSR count). The highest BCUT2D eigenvalue weighted by atomic mass is 16.2. The first-order valence-corrected chi connectivity index (χ1v) is 3.37. The third-order valence-corrected chi connectivity index (χ3v) is 1.03. The minimum absolute atomic E-state index is 0.329. The lowest BCUT2D eigenvalue weighted by atomic mass is 10.6. The topological polar surface area (TPSA) is 84.8 Å². The first kappa shape index (κ1) is 8.98. The fourth-order valence-electron chi connectivity index (χ4n) is 0.561. The van der Waals surface area contributed by atoms with Crippen molar-refractivity contribution in [3.05, 3.63) is 31.1 Å². The third-order valence-electron chi connectivity index (χ3n) is 1.03. The number of carbonyl (C=O) groups excluding carboxylic acids is 2. The molecule has 1 N–H and O–H groups in total. The van der Waals surface area contributed by atoms with Gasteiger partial charge in [-0.3, -0.25) is 14.9 Å². The van der Waals surface area contributed by atoms with Crippen LogP contribution in [0, 0.1) is 0 Å². The maximum atomic E-state index is 10.0. The zero-order chi connectivity index (χ0) is 9.52. The van der Waals surface area contributed by atoms with Gasteiger partial charge in [-0.2, -0.15) is 0 Å². The van der Waals surface area contributed by atoms with Crippen LogP contribution in [-0.2, 0) is 9.59 Å². The summed E-state index contributed by atoms with van der Waals surface area (Å²) >= 11 is 0. The van der Waals surface area contributed by atoms with Crippen LogP contribution < -0.4 is 5.32 Å². The Morgan fingerprint density at radius 3 is 1.38 bits per heavy atom. The van der Waals surface area contributed by atoms with Gasteiger partial charge in [-0.1, -0.05) is 0 Å². The smallest absolute Gasteiger partial charge is 0.250 e. The molecule has 0 aromatic carbocycles. The Labute approximate surface area is 73.7 Å². The van der Waals surface area contributed by atoms with Gasteiger partial charge in [-0.15, -0.1) is 0 Å². The van der Waals surface area contributed by atoms with Gasteiger partial charge in [0.2, 0.25) is 0 Å². The molecule has 0 saturated heterocycles.